The van der Waals surface area contributed by atoms with Crippen LogP contribution in [0.4, 0.5) is 15.9 Å². The van der Waals surface area contributed by atoms with Crippen molar-refractivity contribution in [1.82, 2.24) is 19.9 Å². The number of H-pyrrole nitrogens is 1. The molecule has 0 fully saturated rings. The number of aromatic nitrogens is 4. The summed E-state index contributed by atoms with van der Waals surface area (Å²) in [6, 6.07) is 18.2. The van der Waals surface area contributed by atoms with Crippen molar-refractivity contribution in [1.29, 1.82) is 0 Å². The third kappa shape index (κ3) is 2.99. The third-order valence-electron chi connectivity index (χ3n) is 4.47. The molecule has 0 saturated carbocycles. The van der Waals surface area contributed by atoms with Gasteiger partial charge in [0.1, 0.15) is 23.8 Å². The lowest BCUT2D eigenvalue weighted by molar-refractivity contribution is 0.628. The van der Waals surface area contributed by atoms with E-state index in [0.717, 1.165) is 37.9 Å². The number of fused-ring (bicyclic) bond motifs is 2. The Morgan fingerprint density at radius 3 is 2.75 bits per heavy atom. The standard InChI is InChI=1S/C21H13BrFN5/c22-16-7-5-12(23)9-15(16)21-27-18-8-6-13(10-19(18)28-21)26-20-14-3-1-2-4-17(14)24-11-25-20/h1-11H,(H,27,28)(H,24,25,26). The first-order valence-electron chi connectivity index (χ1n) is 8.59. The molecule has 5 aromatic rings. The van der Waals surface area contributed by atoms with E-state index in [1.807, 2.05) is 42.5 Å². The van der Waals surface area contributed by atoms with Gasteiger partial charge in [0.15, 0.2) is 0 Å². The molecule has 5 rings (SSSR count). The molecule has 2 heterocycles. The average Bonchev–Trinajstić information content (AvgIpc) is 3.13. The number of benzene rings is 3. The van der Waals surface area contributed by atoms with Gasteiger partial charge in [-0.05, 0) is 48.5 Å². The number of halogens is 2. The van der Waals surface area contributed by atoms with Crippen LogP contribution in [0.2, 0.25) is 0 Å². The van der Waals surface area contributed by atoms with Crippen molar-refractivity contribution < 1.29 is 4.39 Å². The normalized spacial score (nSPS) is 11.2. The molecule has 0 aliphatic rings. The number of rotatable bonds is 3. The SMILES string of the molecule is Fc1ccc(Br)c(-c2nc3ccc(Nc4ncnc5ccccc45)cc3[nH]2)c1. The van der Waals surface area contributed by atoms with E-state index in [9.17, 15) is 4.39 Å². The number of hydrogen-bond acceptors (Lipinski definition) is 4. The zero-order valence-corrected chi connectivity index (χ0v) is 16.0. The van der Waals surface area contributed by atoms with E-state index in [4.69, 9.17) is 0 Å². The molecule has 2 aromatic heterocycles. The van der Waals surface area contributed by atoms with Crippen LogP contribution in [0.15, 0.2) is 71.5 Å². The molecule has 0 bridgehead atoms. The molecule has 0 amide bonds. The van der Waals surface area contributed by atoms with E-state index >= 15 is 0 Å². The van der Waals surface area contributed by atoms with E-state index in [2.05, 4.69) is 41.2 Å². The minimum absolute atomic E-state index is 0.309. The van der Waals surface area contributed by atoms with Crippen molar-refractivity contribution in [3.63, 3.8) is 0 Å². The Morgan fingerprint density at radius 2 is 1.82 bits per heavy atom. The monoisotopic (exact) mass is 433 g/mol. The first-order chi connectivity index (χ1) is 13.7. The summed E-state index contributed by atoms with van der Waals surface area (Å²) in [6.07, 6.45) is 1.54. The summed E-state index contributed by atoms with van der Waals surface area (Å²) in [4.78, 5) is 16.5. The molecule has 0 atom stereocenters. The Balaban J connectivity index is 1.54. The summed E-state index contributed by atoms with van der Waals surface area (Å²) >= 11 is 3.45. The smallest absolute Gasteiger partial charge is 0.141 e. The van der Waals surface area contributed by atoms with Crippen LogP contribution in [0.5, 0.6) is 0 Å². The topological polar surface area (TPSA) is 66.5 Å². The first-order valence-corrected chi connectivity index (χ1v) is 9.39. The number of para-hydroxylation sites is 1. The number of nitrogens with zero attached hydrogens (tertiary/aromatic N) is 3. The highest BCUT2D eigenvalue weighted by Crippen LogP contribution is 2.30. The number of imidazole rings is 1. The Bertz CT molecular complexity index is 1330. The molecular weight excluding hydrogens is 421 g/mol. The van der Waals surface area contributed by atoms with Gasteiger partial charge in [0.25, 0.3) is 0 Å². The molecule has 0 unspecified atom stereocenters. The largest absolute Gasteiger partial charge is 0.340 e. The highest BCUT2D eigenvalue weighted by Gasteiger charge is 2.11. The maximum atomic E-state index is 13.6. The lowest BCUT2D eigenvalue weighted by atomic mass is 10.2. The van der Waals surface area contributed by atoms with Gasteiger partial charge >= 0.3 is 0 Å². The Morgan fingerprint density at radius 1 is 0.929 bits per heavy atom. The van der Waals surface area contributed by atoms with Crippen molar-refractivity contribution in [2.45, 2.75) is 0 Å². The van der Waals surface area contributed by atoms with E-state index in [0.29, 0.717) is 11.4 Å². The predicted octanol–water partition coefficient (Wildman–Crippen LogP) is 5.82. The summed E-state index contributed by atoms with van der Waals surface area (Å²) in [5.74, 6) is 1.03. The van der Waals surface area contributed by atoms with Crippen molar-refractivity contribution in [2.24, 2.45) is 0 Å². The number of nitrogens with one attached hydrogen (secondary N) is 2. The molecule has 2 N–H and O–H groups in total. The number of aromatic amines is 1. The van der Waals surface area contributed by atoms with Crippen LogP contribution in [-0.2, 0) is 0 Å². The van der Waals surface area contributed by atoms with Crippen LogP contribution in [0.3, 0.4) is 0 Å². The van der Waals surface area contributed by atoms with Gasteiger partial charge in [0.2, 0.25) is 0 Å². The van der Waals surface area contributed by atoms with Gasteiger partial charge < -0.3 is 10.3 Å². The lowest BCUT2D eigenvalue weighted by Crippen LogP contribution is -1.95. The molecule has 5 nitrogen and oxygen atoms in total. The second-order valence-electron chi connectivity index (χ2n) is 6.31. The summed E-state index contributed by atoms with van der Waals surface area (Å²) < 4.78 is 14.4. The van der Waals surface area contributed by atoms with Gasteiger partial charge in [-0.2, -0.15) is 0 Å². The summed E-state index contributed by atoms with van der Waals surface area (Å²) in [5.41, 5.74) is 4.05. The van der Waals surface area contributed by atoms with Crippen LogP contribution in [0.1, 0.15) is 0 Å². The summed E-state index contributed by atoms with van der Waals surface area (Å²) in [6.45, 7) is 0. The molecule has 0 spiro atoms. The van der Waals surface area contributed by atoms with Crippen LogP contribution in [0.25, 0.3) is 33.3 Å². The van der Waals surface area contributed by atoms with Crippen molar-refractivity contribution in [2.75, 3.05) is 5.32 Å². The maximum Gasteiger partial charge on any atom is 0.141 e. The third-order valence-corrected chi connectivity index (χ3v) is 5.16. The second kappa shape index (κ2) is 6.69. The molecule has 28 heavy (non-hydrogen) atoms. The van der Waals surface area contributed by atoms with Gasteiger partial charge in [0, 0.05) is 21.1 Å². The van der Waals surface area contributed by atoms with Gasteiger partial charge in [-0.1, -0.05) is 28.1 Å². The Hall–Kier alpha value is -3.32. The molecule has 136 valence electrons. The van der Waals surface area contributed by atoms with E-state index in [-0.39, 0.29) is 5.82 Å². The van der Waals surface area contributed by atoms with Crippen molar-refractivity contribution >= 4 is 49.4 Å². The summed E-state index contributed by atoms with van der Waals surface area (Å²) in [5, 5.41) is 4.28. The number of anilines is 2. The quantitative estimate of drug-likeness (QED) is 0.376. The van der Waals surface area contributed by atoms with Gasteiger partial charge in [-0.3, -0.25) is 0 Å². The fraction of sp³-hybridized carbons (Fsp3) is 0. The lowest BCUT2D eigenvalue weighted by Gasteiger charge is -2.08. The van der Waals surface area contributed by atoms with Gasteiger partial charge in [0.05, 0.1) is 16.6 Å². The molecule has 7 heteroatoms. The van der Waals surface area contributed by atoms with Crippen LogP contribution in [0, 0.1) is 5.82 Å². The van der Waals surface area contributed by atoms with Gasteiger partial charge in [-0.15, -0.1) is 0 Å². The van der Waals surface area contributed by atoms with Crippen LogP contribution < -0.4 is 5.32 Å². The first kappa shape index (κ1) is 16.8. The number of hydrogen-bond donors (Lipinski definition) is 2. The minimum atomic E-state index is -0.309. The van der Waals surface area contributed by atoms with Crippen molar-refractivity contribution in [3.05, 3.63) is 77.3 Å². The fourth-order valence-corrected chi connectivity index (χ4v) is 3.57. The molecular formula is C21H13BrFN5. The van der Waals surface area contributed by atoms with E-state index in [1.54, 1.807) is 12.4 Å². The summed E-state index contributed by atoms with van der Waals surface area (Å²) in [7, 11) is 0. The second-order valence-corrected chi connectivity index (χ2v) is 7.16. The van der Waals surface area contributed by atoms with E-state index in [1.165, 1.54) is 12.1 Å². The average molecular weight is 434 g/mol. The highest BCUT2D eigenvalue weighted by atomic mass is 79.9. The Labute approximate surface area is 167 Å². The highest BCUT2D eigenvalue weighted by molar-refractivity contribution is 9.10. The molecule has 0 aliphatic heterocycles. The zero-order valence-electron chi connectivity index (χ0n) is 14.4. The zero-order chi connectivity index (χ0) is 19.1. The molecule has 3 aromatic carbocycles. The Kier molecular flexibility index (Phi) is 4.02. The van der Waals surface area contributed by atoms with Gasteiger partial charge in [-0.25, -0.2) is 19.3 Å². The van der Waals surface area contributed by atoms with Crippen molar-refractivity contribution in [3.8, 4) is 11.4 Å². The maximum absolute atomic E-state index is 13.6. The molecule has 0 radical (unpaired) electrons. The fourth-order valence-electron chi connectivity index (χ4n) is 3.14. The molecule has 0 aliphatic carbocycles. The van der Waals surface area contributed by atoms with E-state index < -0.39 is 0 Å². The molecule has 0 saturated heterocycles. The van der Waals surface area contributed by atoms with Crippen LogP contribution >= 0.6 is 15.9 Å². The van der Waals surface area contributed by atoms with Crippen LogP contribution in [-0.4, -0.2) is 19.9 Å². The minimum Gasteiger partial charge on any atom is -0.340 e. The predicted molar refractivity (Wildman–Crippen MR) is 112 cm³/mol.